The van der Waals surface area contributed by atoms with Crippen molar-refractivity contribution in [3.8, 4) is 34.1 Å². The molecule has 2 aromatic carbocycles. The maximum atomic E-state index is 14.1. The molecule has 4 aromatic rings. The number of benzene rings is 2. The Morgan fingerprint density at radius 1 is 1.00 bits per heavy atom. The van der Waals surface area contributed by atoms with E-state index < -0.39 is 5.82 Å². The summed E-state index contributed by atoms with van der Waals surface area (Å²) in [5, 5.41) is 8.81. The Balaban J connectivity index is 1.83. The summed E-state index contributed by atoms with van der Waals surface area (Å²) in [4.78, 5) is 4.47. The molecular weight excluding hydrogens is 367 g/mol. The van der Waals surface area contributed by atoms with Gasteiger partial charge in [0.05, 0.1) is 29.1 Å². The first-order valence-electron chi connectivity index (χ1n) is 9.94. The minimum atomic E-state index is -0.393. The molecule has 0 N–H and O–H groups in total. The van der Waals surface area contributed by atoms with Crippen LogP contribution in [-0.4, -0.2) is 19.9 Å². The van der Waals surface area contributed by atoms with Gasteiger partial charge in [0.1, 0.15) is 5.82 Å². The molecule has 0 aliphatic heterocycles. The summed E-state index contributed by atoms with van der Waals surface area (Å²) in [6, 6.07) is 16.7. The molecule has 1 atom stereocenters. The number of halogens is 1. The first-order valence-corrected chi connectivity index (χ1v) is 9.94. The lowest BCUT2D eigenvalue weighted by atomic mass is 10.0. The zero-order chi connectivity index (χ0) is 20.2. The van der Waals surface area contributed by atoms with Crippen LogP contribution in [0.4, 0.5) is 4.39 Å². The lowest BCUT2D eigenvalue weighted by Gasteiger charge is -2.18. The highest BCUT2D eigenvalue weighted by Crippen LogP contribution is 2.35. The quantitative estimate of drug-likeness (QED) is 0.379. The summed E-state index contributed by atoms with van der Waals surface area (Å²) in [6.07, 6.45) is 4.85. The van der Waals surface area contributed by atoms with Crippen LogP contribution in [0.15, 0.2) is 65.3 Å². The van der Waals surface area contributed by atoms with Crippen molar-refractivity contribution < 1.29 is 8.91 Å². The third-order valence-electron chi connectivity index (χ3n) is 5.05. The minimum Gasteiger partial charge on any atom is -0.334 e. The van der Waals surface area contributed by atoms with Crippen molar-refractivity contribution >= 4 is 0 Å². The fraction of sp³-hybridized carbons (Fsp3) is 0.261. The van der Waals surface area contributed by atoms with Crippen LogP contribution in [0, 0.1) is 5.82 Å². The van der Waals surface area contributed by atoms with Gasteiger partial charge in [0.2, 0.25) is 5.82 Å². The largest absolute Gasteiger partial charge is 0.334 e. The van der Waals surface area contributed by atoms with Gasteiger partial charge in [-0.15, -0.1) is 0 Å². The van der Waals surface area contributed by atoms with Gasteiger partial charge < -0.3 is 4.52 Å². The Labute approximate surface area is 169 Å². The SMILES string of the molecule is CCCC(CC)n1ncc(-c2noc(-c3ccccc3F)n2)c1-c1ccccc1. The van der Waals surface area contributed by atoms with Crippen LogP contribution in [0.5, 0.6) is 0 Å². The van der Waals surface area contributed by atoms with Gasteiger partial charge in [0, 0.05) is 5.56 Å². The zero-order valence-electron chi connectivity index (χ0n) is 16.5. The zero-order valence-corrected chi connectivity index (χ0v) is 16.5. The van der Waals surface area contributed by atoms with Crippen LogP contribution in [0.2, 0.25) is 0 Å². The molecule has 0 amide bonds. The van der Waals surface area contributed by atoms with Crippen molar-refractivity contribution in [2.75, 3.05) is 0 Å². The second kappa shape index (κ2) is 8.39. The lowest BCUT2D eigenvalue weighted by Crippen LogP contribution is -2.11. The first-order chi connectivity index (χ1) is 14.2. The second-order valence-electron chi connectivity index (χ2n) is 6.97. The van der Waals surface area contributed by atoms with E-state index in [0.29, 0.717) is 5.82 Å². The second-order valence-corrected chi connectivity index (χ2v) is 6.97. The number of hydrogen-bond donors (Lipinski definition) is 0. The molecule has 2 heterocycles. The Bertz CT molecular complexity index is 1090. The van der Waals surface area contributed by atoms with Crippen molar-refractivity contribution in [1.29, 1.82) is 0 Å². The van der Waals surface area contributed by atoms with Gasteiger partial charge in [-0.2, -0.15) is 10.1 Å². The van der Waals surface area contributed by atoms with Gasteiger partial charge in [-0.1, -0.05) is 67.9 Å². The Hall–Kier alpha value is -3.28. The average Bonchev–Trinajstić information content (AvgIpc) is 3.40. The van der Waals surface area contributed by atoms with Crippen LogP contribution >= 0.6 is 0 Å². The van der Waals surface area contributed by atoms with Crippen LogP contribution in [0.3, 0.4) is 0 Å². The summed E-state index contributed by atoms with van der Waals surface area (Å²) in [5.41, 5.74) is 3.05. The van der Waals surface area contributed by atoms with E-state index in [1.54, 1.807) is 24.4 Å². The fourth-order valence-electron chi connectivity index (χ4n) is 3.60. The fourth-order valence-corrected chi connectivity index (χ4v) is 3.60. The Morgan fingerprint density at radius 3 is 2.48 bits per heavy atom. The van der Waals surface area contributed by atoms with Crippen LogP contribution in [-0.2, 0) is 0 Å². The summed E-state index contributed by atoms with van der Waals surface area (Å²) in [6.45, 7) is 4.34. The molecule has 0 saturated heterocycles. The normalized spacial score (nSPS) is 12.2. The summed E-state index contributed by atoms with van der Waals surface area (Å²) in [5.74, 6) is 0.167. The molecule has 2 aromatic heterocycles. The first kappa shape index (κ1) is 19.1. The maximum Gasteiger partial charge on any atom is 0.261 e. The number of hydrogen-bond acceptors (Lipinski definition) is 4. The smallest absolute Gasteiger partial charge is 0.261 e. The number of aromatic nitrogens is 4. The van der Waals surface area contributed by atoms with Crippen molar-refractivity contribution in [2.24, 2.45) is 0 Å². The molecule has 0 bridgehead atoms. The van der Waals surface area contributed by atoms with Gasteiger partial charge in [0.15, 0.2) is 0 Å². The average molecular weight is 390 g/mol. The molecule has 4 rings (SSSR count). The van der Waals surface area contributed by atoms with E-state index in [2.05, 4.69) is 33.8 Å². The molecule has 5 nitrogen and oxygen atoms in total. The van der Waals surface area contributed by atoms with Gasteiger partial charge in [-0.25, -0.2) is 4.39 Å². The predicted molar refractivity (Wildman–Crippen MR) is 111 cm³/mol. The third kappa shape index (κ3) is 3.70. The number of rotatable bonds is 7. The van der Waals surface area contributed by atoms with E-state index in [-0.39, 0.29) is 17.5 Å². The molecule has 6 heteroatoms. The van der Waals surface area contributed by atoms with Crippen molar-refractivity contribution in [2.45, 2.75) is 39.2 Å². The highest BCUT2D eigenvalue weighted by atomic mass is 19.1. The predicted octanol–water partition coefficient (Wildman–Crippen LogP) is 6.16. The molecule has 0 aliphatic rings. The summed E-state index contributed by atoms with van der Waals surface area (Å²) in [7, 11) is 0. The molecule has 1 unspecified atom stereocenters. The van der Waals surface area contributed by atoms with Crippen LogP contribution in [0.25, 0.3) is 34.1 Å². The summed E-state index contributed by atoms with van der Waals surface area (Å²) >= 11 is 0. The van der Waals surface area contributed by atoms with E-state index in [4.69, 9.17) is 4.52 Å². The Kier molecular flexibility index (Phi) is 5.51. The van der Waals surface area contributed by atoms with E-state index in [1.165, 1.54) is 6.07 Å². The molecule has 0 aliphatic carbocycles. The molecule has 0 radical (unpaired) electrons. The van der Waals surface area contributed by atoms with E-state index in [1.807, 2.05) is 30.3 Å². The molecule has 148 valence electrons. The van der Waals surface area contributed by atoms with E-state index in [0.717, 1.165) is 36.1 Å². The highest BCUT2D eigenvalue weighted by Gasteiger charge is 2.23. The van der Waals surface area contributed by atoms with E-state index in [9.17, 15) is 4.39 Å². The van der Waals surface area contributed by atoms with Crippen molar-refractivity contribution in [3.05, 3.63) is 66.6 Å². The highest BCUT2D eigenvalue weighted by molar-refractivity contribution is 5.78. The molecular formula is C23H23FN4O. The molecule has 0 saturated carbocycles. The molecule has 0 fully saturated rings. The van der Waals surface area contributed by atoms with E-state index >= 15 is 0 Å². The Morgan fingerprint density at radius 2 is 1.76 bits per heavy atom. The van der Waals surface area contributed by atoms with Crippen LogP contribution < -0.4 is 0 Å². The standard InChI is InChI=1S/C23H23FN4O/c1-3-10-17(4-2)28-21(16-11-6-5-7-12-16)19(15-25-28)22-26-23(29-27-22)18-13-8-9-14-20(18)24/h5-9,11-15,17H,3-4,10H2,1-2H3. The minimum absolute atomic E-state index is 0.158. The van der Waals surface area contributed by atoms with Gasteiger partial charge >= 0.3 is 0 Å². The third-order valence-corrected chi connectivity index (χ3v) is 5.05. The van der Waals surface area contributed by atoms with Crippen LogP contribution in [0.1, 0.15) is 39.2 Å². The maximum absolute atomic E-state index is 14.1. The van der Waals surface area contributed by atoms with Gasteiger partial charge in [0.25, 0.3) is 5.89 Å². The summed E-state index contributed by atoms with van der Waals surface area (Å²) < 4.78 is 21.6. The molecule has 29 heavy (non-hydrogen) atoms. The van der Waals surface area contributed by atoms with Gasteiger partial charge in [-0.05, 0) is 25.0 Å². The topological polar surface area (TPSA) is 56.7 Å². The van der Waals surface area contributed by atoms with Gasteiger partial charge in [-0.3, -0.25) is 4.68 Å². The van der Waals surface area contributed by atoms with Crippen molar-refractivity contribution in [1.82, 2.24) is 19.9 Å². The monoisotopic (exact) mass is 390 g/mol. The molecule has 0 spiro atoms. The van der Waals surface area contributed by atoms with Crippen molar-refractivity contribution in [3.63, 3.8) is 0 Å². The number of nitrogens with zero attached hydrogens (tertiary/aromatic N) is 4. The lowest BCUT2D eigenvalue weighted by molar-refractivity contribution is 0.413.